The SMILES string of the molecule is CC(C)(C)OC(=O)C[C@@H]1CC[B-]2(OC(=O)C(=O)O2)O1. The molecule has 0 radical (unpaired) electrons. The Morgan fingerprint density at radius 1 is 1.32 bits per heavy atom. The van der Waals surface area contributed by atoms with E-state index in [1.807, 2.05) is 0 Å². The largest absolute Gasteiger partial charge is 0.625 e. The van der Waals surface area contributed by atoms with Gasteiger partial charge >= 0.3 is 24.7 Å². The lowest BCUT2D eigenvalue weighted by Crippen LogP contribution is -2.38. The predicted molar refractivity (Wildman–Crippen MR) is 62.7 cm³/mol. The van der Waals surface area contributed by atoms with E-state index in [2.05, 4.69) is 0 Å². The molecule has 7 nitrogen and oxygen atoms in total. The van der Waals surface area contributed by atoms with Gasteiger partial charge in [0, 0.05) is 6.10 Å². The third-order valence-corrected chi connectivity index (χ3v) is 2.80. The molecule has 2 aliphatic heterocycles. The van der Waals surface area contributed by atoms with Crippen LogP contribution in [0.1, 0.15) is 33.6 Å². The number of carbonyl (C=O) groups is 3. The van der Waals surface area contributed by atoms with Crippen molar-refractivity contribution < 1.29 is 33.1 Å². The molecule has 0 aliphatic carbocycles. The minimum atomic E-state index is -2.34. The lowest BCUT2D eigenvalue weighted by molar-refractivity contribution is -0.156. The van der Waals surface area contributed by atoms with Gasteiger partial charge < -0.3 is 18.7 Å². The second-order valence-electron chi connectivity index (χ2n) is 5.73. The van der Waals surface area contributed by atoms with Crippen molar-refractivity contribution in [3.63, 3.8) is 0 Å². The average molecular weight is 271 g/mol. The van der Waals surface area contributed by atoms with Gasteiger partial charge in [0.1, 0.15) is 5.60 Å². The van der Waals surface area contributed by atoms with E-state index in [-0.39, 0.29) is 12.7 Å². The molecule has 0 aromatic carbocycles. The molecule has 1 spiro atoms. The summed E-state index contributed by atoms with van der Waals surface area (Å²) in [6, 6.07) is 0. The zero-order valence-electron chi connectivity index (χ0n) is 11.1. The molecule has 2 saturated heterocycles. The minimum Gasteiger partial charge on any atom is -0.625 e. The molecule has 8 heteroatoms. The van der Waals surface area contributed by atoms with Crippen molar-refractivity contribution in [3.05, 3.63) is 0 Å². The molecule has 0 saturated carbocycles. The number of hydrogen-bond donors (Lipinski definition) is 0. The zero-order valence-corrected chi connectivity index (χ0v) is 11.1. The van der Waals surface area contributed by atoms with Crippen molar-refractivity contribution in [1.29, 1.82) is 0 Å². The van der Waals surface area contributed by atoms with E-state index in [1.54, 1.807) is 20.8 Å². The van der Waals surface area contributed by atoms with E-state index < -0.39 is 36.4 Å². The number of esters is 1. The summed E-state index contributed by atoms with van der Waals surface area (Å²) in [5.41, 5.74) is -0.565. The van der Waals surface area contributed by atoms with Crippen molar-refractivity contribution in [1.82, 2.24) is 0 Å². The quantitative estimate of drug-likeness (QED) is 0.411. The van der Waals surface area contributed by atoms with Crippen LogP contribution in [0.4, 0.5) is 0 Å². The van der Waals surface area contributed by atoms with Gasteiger partial charge in [-0.1, -0.05) is 12.7 Å². The summed E-state index contributed by atoms with van der Waals surface area (Å²) in [6.45, 7) is 2.97. The van der Waals surface area contributed by atoms with Crippen LogP contribution in [-0.4, -0.2) is 36.4 Å². The summed E-state index contributed by atoms with van der Waals surface area (Å²) in [7, 11) is 0. The topological polar surface area (TPSA) is 88.1 Å². The first kappa shape index (κ1) is 13.9. The van der Waals surface area contributed by atoms with Crippen molar-refractivity contribution in [2.75, 3.05) is 0 Å². The van der Waals surface area contributed by atoms with Crippen molar-refractivity contribution in [3.8, 4) is 0 Å². The van der Waals surface area contributed by atoms with Crippen LogP contribution >= 0.6 is 0 Å². The smallest absolute Gasteiger partial charge is 0.496 e. The van der Waals surface area contributed by atoms with Crippen LogP contribution < -0.4 is 0 Å². The maximum absolute atomic E-state index is 11.6. The molecule has 0 unspecified atom stereocenters. The Bertz CT molecular complexity index is 409. The monoisotopic (exact) mass is 271 g/mol. The standard InChI is InChI=1S/C11H16BO7/c1-11(2,3)16-8(13)6-7-4-5-12(17-7)18-9(14)10(15)19-12/h7H,4-6H2,1-3H3/q-1/t7-/m0/s1. The lowest BCUT2D eigenvalue weighted by atomic mass is 9.76. The first-order valence-electron chi connectivity index (χ1n) is 6.20. The minimum absolute atomic E-state index is 0.0376. The highest BCUT2D eigenvalue weighted by Crippen LogP contribution is 2.34. The van der Waals surface area contributed by atoms with Gasteiger partial charge in [0.15, 0.2) is 0 Å². The second-order valence-corrected chi connectivity index (χ2v) is 5.73. The summed E-state index contributed by atoms with van der Waals surface area (Å²) < 4.78 is 20.2. The molecule has 0 bridgehead atoms. The van der Waals surface area contributed by atoms with E-state index in [1.165, 1.54) is 0 Å². The molecule has 106 valence electrons. The number of rotatable bonds is 2. The predicted octanol–water partition coefficient (Wildman–Crippen LogP) is 0.546. The third kappa shape index (κ3) is 3.26. The molecule has 0 aromatic rings. The first-order chi connectivity index (χ1) is 8.69. The summed E-state index contributed by atoms with van der Waals surface area (Å²) >= 11 is 0. The summed E-state index contributed by atoms with van der Waals surface area (Å²) in [4.78, 5) is 33.6. The van der Waals surface area contributed by atoms with Gasteiger partial charge in [-0.05, 0) is 20.8 Å². The van der Waals surface area contributed by atoms with E-state index in [0.717, 1.165) is 0 Å². The van der Waals surface area contributed by atoms with Gasteiger partial charge in [0.05, 0.1) is 6.42 Å². The Morgan fingerprint density at radius 2 is 1.89 bits per heavy atom. The number of ether oxygens (including phenoxy) is 1. The Morgan fingerprint density at radius 3 is 2.42 bits per heavy atom. The maximum atomic E-state index is 11.6. The van der Waals surface area contributed by atoms with Crippen LogP contribution in [0.25, 0.3) is 0 Å². The van der Waals surface area contributed by atoms with Crippen LogP contribution in [0.2, 0.25) is 6.32 Å². The van der Waals surface area contributed by atoms with Gasteiger partial charge in [0.25, 0.3) is 0 Å². The Kier molecular flexibility index (Phi) is 3.30. The average Bonchev–Trinajstić information content (AvgIpc) is 2.69. The van der Waals surface area contributed by atoms with E-state index >= 15 is 0 Å². The fourth-order valence-electron chi connectivity index (χ4n) is 2.16. The normalized spacial score (nSPS) is 25.3. The number of carbonyl (C=O) groups excluding carboxylic acids is 3. The van der Waals surface area contributed by atoms with Gasteiger partial charge in [-0.15, -0.1) is 0 Å². The van der Waals surface area contributed by atoms with Crippen molar-refractivity contribution >= 4 is 24.7 Å². The van der Waals surface area contributed by atoms with Gasteiger partial charge in [-0.2, -0.15) is 0 Å². The molecular formula is C11H16BO7-. The van der Waals surface area contributed by atoms with E-state index in [4.69, 9.17) is 18.7 Å². The molecule has 19 heavy (non-hydrogen) atoms. The Balaban J connectivity index is 1.88. The summed E-state index contributed by atoms with van der Waals surface area (Å²) in [5.74, 6) is -2.49. The van der Waals surface area contributed by atoms with Gasteiger partial charge in [-0.3, -0.25) is 4.79 Å². The Hall–Kier alpha value is -1.57. The Labute approximate surface area is 110 Å². The fourth-order valence-corrected chi connectivity index (χ4v) is 2.16. The molecule has 0 aromatic heterocycles. The van der Waals surface area contributed by atoms with Gasteiger partial charge in [0.2, 0.25) is 0 Å². The van der Waals surface area contributed by atoms with E-state index in [9.17, 15) is 14.4 Å². The molecule has 2 rings (SSSR count). The van der Waals surface area contributed by atoms with Crippen molar-refractivity contribution in [2.45, 2.75) is 51.6 Å². The van der Waals surface area contributed by atoms with Crippen LogP contribution in [0.5, 0.6) is 0 Å². The molecule has 0 amide bonds. The zero-order chi connectivity index (χ0) is 14.3. The van der Waals surface area contributed by atoms with Gasteiger partial charge in [-0.25, -0.2) is 9.59 Å². The fraction of sp³-hybridized carbons (Fsp3) is 0.727. The van der Waals surface area contributed by atoms with Crippen LogP contribution in [0, 0.1) is 0 Å². The second kappa shape index (κ2) is 4.52. The van der Waals surface area contributed by atoms with Crippen LogP contribution in [0.3, 0.4) is 0 Å². The number of hydrogen-bond acceptors (Lipinski definition) is 7. The highest BCUT2D eigenvalue weighted by molar-refractivity contribution is 6.71. The molecule has 2 aliphatic rings. The highest BCUT2D eigenvalue weighted by Gasteiger charge is 2.50. The molecule has 1 atom stereocenters. The van der Waals surface area contributed by atoms with Crippen LogP contribution in [-0.2, 0) is 33.1 Å². The molecule has 2 fully saturated rings. The maximum Gasteiger partial charge on any atom is 0.496 e. The highest BCUT2D eigenvalue weighted by atomic mass is 16.8. The molecule has 0 N–H and O–H groups in total. The molecular weight excluding hydrogens is 255 g/mol. The lowest BCUT2D eigenvalue weighted by Gasteiger charge is -2.28. The molecule has 2 heterocycles. The third-order valence-electron chi connectivity index (χ3n) is 2.80. The first-order valence-corrected chi connectivity index (χ1v) is 6.20. The van der Waals surface area contributed by atoms with Crippen LogP contribution in [0.15, 0.2) is 0 Å². The van der Waals surface area contributed by atoms with E-state index in [0.29, 0.717) is 6.42 Å². The van der Waals surface area contributed by atoms with Crippen molar-refractivity contribution in [2.24, 2.45) is 0 Å². The summed E-state index contributed by atoms with van der Waals surface area (Å²) in [5, 5.41) is 0. The summed E-state index contributed by atoms with van der Waals surface area (Å²) in [6.07, 6.45) is 0.328.